The highest BCUT2D eigenvalue weighted by Gasteiger charge is 2.11. The molecule has 104 valence electrons. The van der Waals surface area contributed by atoms with Crippen LogP contribution < -0.4 is 4.74 Å². The van der Waals surface area contributed by atoms with Gasteiger partial charge in [0.15, 0.2) is 0 Å². The van der Waals surface area contributed by atoms with Gasteiger partial charge in [0.1, 0.15) is 5.15 Å². The van der Waals surface area contributed by atoms with E-state index in [1.54, 1.807) is 18.2 Å². The molecule has 2 rings (SSSR count). The molecule has 0 saturated carbocycles. The van der Waals surface area contributed by atoms with Crippen LogP contribution in [0.25, 0.3) is 11.1 Å². The van der Waals surface area contributed by atoms with Crippen LogP contribution in [0.3, 0.4) is 0 Å². The molecule has 3 nitrogen and oxygen atoms in total. The highest BCUT2D eigenvalue weighted by molar-refractivity contribution is 9.10. The summed E-state index contributed by atoms with van der Waals surface area (Å²) in [5.41, 5.74) is 2.42. The van der Waals surface area contributed by atoms with Crippen molar-refractivity contribution < 1.29 is 4.74 Å². The Kier molecular flexibility index (Phi) is 6.50. The standard InChI is InChI=1S/C13H8BrClN2O.C2H6/c1-18-11-6-10(12(14)13(15)17-11)9-4-2-8(7-16)3-5-9;1-2/h2-6H,1H3;1-2H3. The maximum Gasteiger partial charge on any atom is 0.215 e. The Labute approximate surface area is 132 Å². The molecular formula is C15H14BrClN2O. The SMILES string of the molecule is CC.COc1cc(-c2ccc(C#N)cc2)c(Br)c(Cl)n1. The summed E-state index contributed by atoms with van der Waals surface area (Å²) < 4.78 is 5.79. The Morgan fingerprint density at radius 1 is 1.25 bits per heavy atom. The number of nitriles is 1. The summed E-state index contributed by atoms with van der Waals surface area (Å²) in [6.07, 6.45) is 0. The van der Waals surface area contributed by atoms with E-state index in [2.05, 4.69) is 27.0 Å². The molecule has 0 atom stereocenters. The molecule has 20 heavy (non-hydrogen) atoms. The number of hydrogen-bond acceptors (Lipinski definition) is 3. The van der Waals surface area contributed by atoms with Gasteiger partial charge in [-0.3, -0.25) is 0 Å². The molecule has 2 aromatic rings. The van der Waals surface area contributed by atoms with Gasteiger partial charge in [0.25, 0.3) is 0 Å². The Hall–Kier alpha value is -1.57. The van der Waals surface area contributed by atoms with Crippen LogP contribution in [0.5, 0.6) is 5.88 Å². The van der Waals surface area contributed by atoms with Crippen molar-refractivity contribution in [3.63, 3.8) is 0 Å². The summed E-state index contributed by atoms with van der Waals surface area (Å²) in [5.74, 6) is 0.447. The van der Waals surface area contributed by atoms with E-state index < -0.39 is 0 Å². The van der Waals surface area contributed by atoms with Crippen LogP contribution >= 0.6 is 27.5 Å². The molecule has 0 spiro atoms. The Morgan fingerprint density at radius 2 is 1.85 bits per heavy atom. The Balaban J connectivity index is 0.000000956. The van der Waals surface area contributed by atoms with Crippen LogP contribution in [0.1, 0.15) is 19.4 Å². The van der Waals surface area contributed by atoms with Crippen molar-refractivity contribution in [1.29, 1.82) is 5.26 Å². The first kappa shape index (κ1) is 16.5. The van der Waals surface area contributed by atoms with E-state index in [1.807, 2.05) is 26.0 Å². The number of aromatic nitrogens is 1. The quantitative estimate of drug-likeness (QED) is 0.708. The van der Waals surface area contributed by atoms with Crippen molar-refractivity contribution in [3.8, 4) is 23.1 Å². The van der Waals surface area contributed by atoms with Crippen molar-refractivity contribution in [2.75, 3.05) is 7.11 Å². The smallest absolute Gasteiger partial charge is 0.215 e. The molecule has 1 aromatic carbocycles. The van der Waals surface area contributed by atoms with Crippen LogP contribution in [-0.2, 0) is 0 Å². The lowest BCUT2D eigenvalue weighted by atomic mass is 10.1. The minimum absolute atomic E-state index is 0.341. The van der Waals surface area contributed by atoms with Crippen LogP contribution in [-0.4, -0.2) is 12.1 Å². The lowest BCUT2D eigenvalue weighted by Gasteiger charge is -2.08. The topological polar surface area (TPSA) is 45.9 Å². The lowest BCUT2D eigenvalue weighted by molar-refractivity contribution is 0.398. The van der Waals surface area contributed by atoms with Gasteiger partial charge in [0, 0.05) is 11.6 Å². The van der Waals surface area contributed by atoms with Crippen molar-refractivity contribution in [2.45, 2.75) is 13.8 Å². The monoisotopic (exact) mass is 352 g/mol. The van der Waals surface area contributed by atoms with E-state index in [0.29, 0.717) is 21.1 Å². The van der Waals surface area contributed by atoms with Gasteiger partial charge >= 0.3 is 0 Å². The fourth-order valence-corrected chi connectivity index (χ4v) is 2.13. The molecule has 0 aliphatic carbocycles. The summed E-state index contributed by atoms with van der Waals surface area (Å²) in [7, 11) is 1.54. The molecule has 0 saturated heterocycles. The number of hydrogen-bond donors (Lipinski definition) is 0. The third kappa shape index (κ3) is 3.72. The van der Waals surface area contributed by atoms with Crippen molar-refractivity contribution >= 4 is 27.5 Å². The largest absolute Gasteiger partial charge is 0.481 e. The molecule has 0 unspecified atom stereocenters. The third-order valence-corrected chi connectivity index (χ3v) is 3.73. The fraction of sp³-hybridized carbons (Fsp3) is 0.200. The number of pyridine rings is 1. The van der Waals surface area contributed by atoms with Gasteiger partial charge in [-0.25, -0.2) is 4.98 Å². The number of ether oxygens (including phenoxy) is 1. The second kappa shape index (κ2) is 7.88. The maximum absolute atomic E-state index is 8.77. The van der Waals surface area contributed by atoms with Crippen molar-refractivity contribution in [1.82, 2.24) is 4.98 Å². The van der Waals surface area contributed by atoms with Gasteiger partial charge in [0.2, 0.25) is 5.88 Å². The van der Waals surface area contributed by atoms with E-state index in [9.17, 15) is 0 Å². The van der Waals surface area contributed by atoms with Crippen LogP contribution in [0.2, 0.25) is 5.15 Å². The van der Waals surface area contributed by atoms with Gasteiger partial charge in [-0.1, -0.05) is 37.6 Å². The predicted octanol–water partition coefficient (Wildman–Crippen LogP) is 5.07. The summed E-state index contributed by atoms with van der Waals surface area (Å²) in [5, 5.41) is 9.11. The molecule has 0 N–H and O–H groups in total. The summed E-state index contributed by atoms with van der Waals surface area (Å²) in [4.78, 5) is 4.06. The van der Waals surface area contributed by atoms with E-state index in [4.69, 9.17) is 21.6 Å². The molecule has 0 bridgehead atoms. The Morgan fingerprint density at radius 3 is 2.35 bits per heavy atom. The van der Waals surface area contributed by atoms with Crippen molar-refractivity contribution in [3.05, 3.63) is 45.5 Å². The van der Waals surface area contributed by atoms with Crippen LogP contribution in [0.15, 0.2) is 34.8 Å². The highest BCUT2D eigenvalue weighted by atomic mass is 79.9. The molecule has 1 heterocycles. The average Bonchev–Trinajstić information content (AvgIpc) is 2.52. The average molecular weight is 354 g/mol. The first-order chi connectivity index (χ1) is 9.65. The van der Waals surface area contributed by atoms with Crippen LogP contribution in [0, 0.1) is 11.3 Å². The second-order valence-electron chi connectivity index (χ2n) is 3.51. The lowest BCUT2D eigenvalue weighted by Crippen LogP contribution is -1.91. The molecular weight excluding hydrogens is 340 g/mol. The molecule has 0 aliphatic rings. The molecule has 0 amide bonds. The number of nitrogens with zero attached hydrogens (tertiary/aromatic N) is 2. The second-order valence-corrected chi connectivity index (χ2v) is 4.66. The predicted molar refractivity (Wildman–Crippen MR) is 85.0 cm³/mol. The zero-order valence-electron chi connectivity index (χ0n) is 11.4. The van der Waals surface area contributed by atoms with E-state index in [-0.39, 0.29) is 0 Å². The summed E-state index contributed by atoms with van der Waals surface area (Å²) in [6, 6.07) is 11.1. The molecule has 0 radical (unpaired) electrons. The van der Waals surface area contributed by atoms with Crippen molar-refractivity contribution in [2.24, 2.45) is 0 Å². The zero-order chi connectivity index (χ0) is 15.1. The number of benzene rings is 1. The number of methoxy groups -OCH3 is 1. The maximum atomic E-state index is 8.77. The van der Waals surface area contributed by atoms with Crippen LogP contribution in [0.4, 0.5) is 0 Å². The first-order valence-electron chi connectivity index (χ1n) is 6.06. The van der Waals surface area contributed by atoms with E-state index in [0.717, 1.165) is 11.1 Å². The Bertz CT molecular complexity index is 621. The third-order valence-electron chi connectivity index (χ3n) is 2.43. The molecule has 0 fully saturated rings. The minimum Gasteiger partial charge on any atom is -0.481 e. The number of rotatable bonds is 2. The van der Waals surface area contributed by atoms with Gasteiger partial charge < -0.3 is 4.74 Å². The molecule has 0 aliphatic heterocycles. The van der Waals surface area contributed by atoms with E-state index in [1.165, 1.54) is 7.11 Å². The molecule has 5 heteroatoms. The minimum atomic E-state index is 0.341. The normalized spacial score (nSPS) is 9.20. The van der Waals surface area contributed by atoms with Gasteiger partial charge in [0.05, 0.1) is 23.2 Å². The van der Waals surface area contributed by atoms with Gasteiger partial charge in [-0.05, 0) is 33.6 Å². The summed E-state index contributed by atoms with van der Waals surface area (Å²) in [6.45, 7) is 4.00. The highest BCUT2D eigenvalue weighted by Crippen LogP contribution is 2.35. The van der Waals surface area contributed by atoms with E-state index >= 15 is 0 Å². The first-order valence-corrected chi connectivity index (χ1v) is 7.23. The fourth-order valence-electron chi connectivity index (χ4n) is 1.52. The van der Waals surface area contributed by atoms with Gasteiger partial charge in [-0.15, -0.1) is 0 Å². The number of halogens is 2. The zero-order valence-corrected chi connectivity index (χ0v) is 13.8. The summed E-state index contributed by atoms with van der Waals surface area (Å²) >= 11 is 9.42. The molecule has 1 aromatic heterocycles. The van der Waals surface area contributed by atoms with Gasteiger partial charge in [-0.2, -0.15) is 5.26 Å².